The second-order valence-electron chi connectivity index (χ2n) is 7.77. The smallest absolute Gasteiger partial charge is 0.328 e. The molecule has 1 N–H and O–H groups in total. The van der Waals surface area contributed by atoms with Crippen molar-refractivity contribution in [3.05, 3.63) is 45.4 Å². The Morgan fingerprint density at radius 3 is 2.77 bits per heavy atom. The Balaban J connectivity index is 1.61. The van der Waals surface area contributed by atoms with Crippen LogP contribution in [0.2, 0.25) is 5.02 Å². The van der Waals surface area contributed by atoms with E-state index in [9.17, 15) is 9.59 Å². The van der Waals surface area contributed by atoms with Gasteiger partial charge in [0.05, 0.1) is 35.4 Å². The van der Waals surface area contributed by atoms with Crippen molar-refractivity contribution in [3.63, 3.8) is 0 Å². The van der Waals surface area contributed by atoms with E-state index in [4.69, 9.17) is 16.3 Å². The molecule has 2 heterocycles. The molecule has 3 rings (SSSR count). The topological polar surface area (TPSA) is 71.5 Å². The maximum absolute atomic E-state index is 12.8. The molecule has 1 amide bonds. The van der Waals surface area contributed by atoms with Crippen molar-refractivity contribution in [1.82, 2.24) is 10.3 Å². The third-order valence-corrected chi connectivity index (χ3v) is 6.77. The molecule has 8 heteroatoms. The van der Waals surface area contributed by atoms with Gasteiger partial charge in [0, 0.05) is 18.1 Å². The summed E-state index contributed by atoms with van der Waals surface area (Å²) in [6, 6.07) is 4.98. The van der Waals surface area contributed by atoms with Crippen molar-refractivity contribution in [2.75, 3.05) is 19.1 Å². The van der Waals surface area contributed by atoms with Crippen molar-refractivity contribution in [2.45, 2.75) is 51.1 Å². The summed E-state index contributed by atoms with van der Waals surface area (Å²) in [7, 11) is 3.32. The number of amides is 1. The molecular formula is C22H28ClN3O3S. The average molecular weight is 450 g/mol. The summed E-state index contributed by atoms with van der Waals surface area (Å²) in [6.45, 7) is 0.627. The van der Waals surface area contributed by atoms with Crippen LogP contribution in [0.5, 0.6) is 0 Å². The largest absolute Gasteiger partial charge is 0.467 e. The number of esters is 1. The minimum absolute atomic E-state index is 0.232. The number of nitrogens with one attached hydrogen (secondary N) is 1. The van der Waals surface area contributed by atoms with Gasteiger partial charge in [0.2, 0.25) is 0 Å². The van der Waals surface area contributed by atoms with Gasteiger partial charge in [0.25, 0.3) is 5.91 Å². The highest BCUT2D eigenvalue weighted by molar-refractivity contribution is 7.14. The highest BCUT2D eigenvalue weighted by Gasteiger charge is 2.27. The zero-order valence-corrected chi connectivity index (χ0v) is 19.0. The number of pyridine rings is 1. The maximum atomic E-state index is 12.8. The van der Waals surface area contributed by atoms with E-state index in [1.807, 2.05) is 24.1 Å². The van der Waals surface area contributed by atoms with E-state index in [-0.39, 0.29) is 11.9 Å². The zero-order valence-electron chi connectivity index (χ0n) is 17.4. The number of rotatable bonds is 8. The summed E-state index contributed by atoms with van der Waals surface area (Å²) in [5.74, 6) is -0.148. The van der Waals surface area contributed by atoms with E-state index in [0.29, 0.717) is 28.8 Å². The summed E-state index contributed by atoms with van der Waals surface area (Å²) >= 11 is 7.43. The van der Waals surface area contributed by atoms with Crippen LogP contribution < -0.4 is 10.2 Å². The molecule has 0 unspecified atom stereocenters. The average Bonchev–Trinajstić information content (AvgIpc) is 3.22. The first-order valence-electron chi connectivity index (χ1n) is 10.3. The number of aromatic nitrogens is 1. The Morgan fingerprint density at radius 2 is 2.07 bits per heavy atom. The number of carbonyl (C=O) groups excluding carboxylic acids is 2. The van der Waals surface area contributed by atoms with Gasteiger partial charge < -0.3 is 15.0 Å². The van der Waals surface area contributed by atoms with Gasteiger partial charge in [-0.15, -0.1) is 11.3 Å². The number of halogens is 1. The Labute approximate surface area is 186 Å². The van der Waals surface area contributed by atoms with Gasteiger partial charge in [-0.05, 0) is 30.5 Å². The van der Waals surface area contributed by atoms with E-state index in [1.165, 1.54) is 37.7 Å². The quantitative estimate of drug-likeness (QED) is 0.592. The van der Waals surface area contributed by atoms with Gasteiger partial charge in [0.1, 0.15) is 6.04 Å². The molecule has 0 aromatic carbocycles. The van der Waals surface area contributed by atoms with Crippen LogP contribution in [0.4, 0.5) is 5.69 Å². The lowest BCUT2D eigenvalue weighted by molar-refractivity contribution is -0.143. The first kappa shape index (κ1) is 22.6. The molecule has 1 fully saturated rings. The normalized spacial score (nSPS) is 15.4. The Morgan fingerprint density at radius 1 is 1.30 bits per heavy atom. The fourth-order valence-electron chi connectivity index (χ4n) is 3.86. The van der Waals surface area contributed by atoms with Crippen molar-refractivity contribution >= 4 is 40.5 Å². The third-order valence-electron chi connectivity index (χ3n) is 5.49. The minimum Gasteiger partial charge on any atom is -0.467 e. The number of nitrogens with zero attached hydrogens (tertiary/aromatic N) is 2. The molecule has 30 heavy (non-hydrogen) atoms. The van der Waals surface area contributed by atoms with Crippen LogP contribution in [0.3, 0.4) is 0 Å². The van der Waals surface area contributed by atoms with E-state index >= 15 is 0 Å². The molecule has 6 nitrogen and oxygen atoms in total. The molecule has 0 spiro atoms. The number of anilines is 1. The second-order valence-corrected chi connectivity index (χ2v) is 9.38. The molecule has 1 aliphatic carbocycles. The zero-order chi connectivity index (χ0) is 21.5. The van der Waals surface area contributed by atoms with E-state index < -0.39 is 6.04 Å². The summed E-state index contributed by atoms with van der Waals surface area (Å²) in [5.41, 5.74) is 0.903. The predicted octanol–water partition coefficient (Wildman–Crippen LogP) is 4.67. The highest BCUT2D eigenvalue weighted by Crippen LogP contribution is 2.28. The molecule has 2 aromatic rings. The summed E-state index contributed by atoms with van der Waals surface area (Å²) in [4.78, 5) is 32.8. The number of ether oxygens (including phenoxy) is 1. The lowest BCUT2D eigenvalue weighted by Crippen LogP contribution is -2.42. The van der Waals surface area contributed by atoms with E-state index in [0.717, 1.165) is 23.4 Å². The molecule has 0 aliphatic heterocycles. The number of carbonyl (C=O) groups is 2. The fourth-order valence-corrected chi connectivity index (χ4v) is 4.99. The number of hydrogen-bond acceptors (Lipinski definition) is 6. The van der Waals surface area contributed by atoms with Gasteiger partial charge in [-0.2, -0.15) is 0 Å². The number of methoxy groups -OCH3 is 1. The Hall–Kier alpha value is -2.12. The van der Waals surface area contributed by atoms with Crippen molar-refractivity contribution in [2.24, 2.45) is 5.92 Å². The minimum atomic E-state index is -0.601. The van der Waals surface area contributed by atoms with Gasteiger partial charge in [-0.1, -0.05) is 43.7 Å². The van der Waals surface area contributed by atoms with Crippen molar-refractivity contribution in [1.29, 1.82) is 0 Å². The molecule has 1 aliphatic rings. The van der Waals surface area contributed by atoms with Gasteiger partial charge >= 0.3 is 5.97 Å². The van der Waals surface area contributed by atoms with Crippen LogP contribution in [0.25, 0.3) is 0 Å². The van der Waals surface area contributed by atoms with Crippen LogP contribution in [0.1, 0.15) is 53.1 Å². The van der Waals surface area contributed by atoms with Crippen molar-refractivity contribution in [3.8, 4) is 0 Å². The lowest BCUT2D eigenvalue weighted by atomic mass is 9.85. The van der Waals surface area contributed by atoms with Crippen LogP contribution in [-0.2, 0) is 16.1 Å². The Kier molecular flexibility index (Phi) is 8.10. The summed E-state index contributed by atoms with van der Waals surface area (Å²) < 4.78 is 4.93. The molecule has 0 saturated heterocycles. The third kappa shape index (κ3) is 6.19. The van der Waals surface area contributed by atoms with E-state index in [2.05, 4.69) is 10.3 Å². The van der Waals surface area contributed by atoms with Crippen LogP contribution in [-0.4, -0.2) is 37.1 Å². The summed E-state index contributed by atoms with van der Waals surface area (Å²) in [5, 5.41) is 3.47. The molecule has 0 radical (unpaired) electrons. The molecule has 1 atom stereocenters. The van der Waals surface area contributed by atoms with Gasteiger partial charge in [-0.25, -0.2) is 4.79 Å². The highest BCUT2D eigenvalue weighted by atomic mass is 35.5. The molecule has 1 saturated carbocycles. The number of hydrogen-bond donors (Lipinski definition) is 1. The molecule has 0 bridgehead atoms. The van der Waals surface area contributed by atoms with Gasteiger partial charge in [-0.3, -0.25) is 9.78 Å². The predicted molar refractivity (Wildman–Crippen MR) is 120 cm³/mol. The molecule has 2 aromatic heterocycles. The number of thiophene rings is 1. The monoisotopic (exact) mass is 449 g/mol. The van der Waals surface area contributed by atoms with Crippen LogP contribution >= 0.6 is 22.9 Å². The van der Waals surface area contributed by atoms with Crippen molar-refractivity contribution < 1.29 is 14.3 Å². The molecular weight excluding hydrogens is 422 g/mol. The fraction of sp³-hybridized carbons (Fsp3) is 0.500. The second kappa shape index (κ2) is 10.8. The molecule has 162 valence electrons. The SMILES string of the molecule is COC(=O)[C@H](CC1CCCCC1)NC(=O)c1ccc(CN(C)c2cncc(Cl)c2)s1. The first-order valence-corrected chi connectivity index (χ1v) is 11.4. The van der Waals surface area contributed by atoms with Crippen LogP contribution in [0, 0.1) is 5.92 Å². The van der Waals surface area contributed by atoms with Gasteiger partial charge in [0.15, 0.2) is 0 Å². The first-order chi connectivity index (χ1) is 14.5. The van der Waals surface area contributed by atoms with Crippen LogP contribution in [0.15, 0.2) is 30.6 Å². The maximum Gasteiger partial charge on any atom is 0.328 e. The standard InChI is InChI=1S/C22H28ClN3O3S/c1-26(17-11-16(23)12-24-13-17)14-18-8-9-20(30-18)21(27)25-19(22(28)29-2)10-15-6-4-3-5-7-15/h8-9,11-13,15,19H,3-7,10,14H2,1-2H3,(H,25,27)/t19-/m0/s1. The Bertz CT molecular complexity index is 867. The summed E-state index contributed by atoms with van der Waals surface area (Å²) in [6.07, 6.45) is 9.84. The lowest BCUT2D eigenvalue weighted by Gasteiger charge is -2.25. The van der Waals surface area contributed by atoms with E-state index in [1.54, 1.807) is 18.5 Å².